The van der Waals surface area contributed by atoms with Gasteiger partial charge < -0.3 is 20.5 Å². The molecule has 2 amide bonds. The maximum Gasteiger partial charge on any atom is 0.407 e. The minimum atomic E-state index is -1.05. The van der Waals surface area contributed by atoms with Crippen LogP contribution in [0.4, 0.5) is 4.79 Å². The first kappa shape index (κ1) is 23.8. The van der Waals surface area contributed by atoms with Crippen molar-refractivity contribution >= 4 is 18.0 Å². The largest absolute Gasteiger partial charge is 0.480 e. The number of carbonyl (C=O) groups excluding carboxylic acids is 2. The molecule has 0 bridgehead atoms. The van der Waals surface area contributed by atoms with Gasteiger partial charge in [0.25, 0.3) is 0 Å². The van der Waals surface area contributed by atoms with Gasteiger partial charge in [-0.3, -0.25) is 4.79 Å². The maximum absolute atomic E-state index is 12.9. The van der Waals surface area contributed by atoms with Crippen LogP contribution in [-0.4, -0.2) is 41.8 Å². The molecule has 7 nitrogen and oxygen atoms in total. The number of hydrogen-bond acceptors (Lipinski definition) is 4. The highest BCUT2D eigenvalue weighted by atomic mass is 16.5. The number of carboxylic acid groups (broad SMARTS) is 1. The van der Waals surface area contributed by atoms with E-state index in [0.717, 1.165) is 41.5 Å². The van der Waals surface area contributed by atoms with E-state index < -0.39 is 24.0 Å². The fourth-order valence-electron chi connectivity index (χ4n) is 5.20. The zero-order valence-corrected chi connectivity index (χ0v) is 19.5. The molecule has 0 aliphatic heterocycles. The van der Waals surface area contributed by atoms with Crippen LogP contribution in [0.3, 0.4) is 0 Å². The van der Waals surface area contributed by atoms with Gasteiger partial charge in [0.1, 0.15) is 12.6 Å². The first-order chi connectivity index (χ1) is 16.5. The fraction of sp³-hybridized carbons (Fsp3) is 0.444. The first-order valence-corrected chi connectivity index (χ1v) is 12.1. The predicted molar refractivity (Wildman–Crippen MR) is 128 cm³/mol. The standard InChI is InChI=1S/C27H32N2O5/c1-2-23(26(31)32)28-25(30)21-14-4-3-5-15-24(21)29-27(33)34-16-22-19-12-8-6-10-17(19)18-11-7-9-13-20(18)22/h6-13,21-24H,2-5,14-16H2,1H3,(H,28,30)(H,29,33)(H,31,32)/t21-,23+,24+/m0/s1. The summed E-state index contributed by atoms with van der Waals surface area (Å²) >= 11 is 0. The number of alkyl carbamates (subject to hydrolysis) is 1. The first-order valence-electron chi connectivity index (χ1n) is 12.1. The molecule has 4 rings (SSSR count). The predicted octanol–water partition coefficient (Wildman–Crippen LogP) is 4.45. The van der Waals surface area contributed by atoms with Gasteiger partial charge >= 0.3 is 12.1 Å². The summed E-state index contributed by atoms with van der Waals surface area (Å²) in [6.45, 7) is 1.93. The van der Waals surface area contributed by atoms with Gasteiger partial charge in [0.05, 0.1) is 5.92 Å². The molecular formula is C27H32N2O5. The van der Waals surface area contributed by atoms with Gasteiger partial charge in [-0.1, -0.05) is 74.7 Å². The van der Waals surface area contributed by atoms with Crippen LogP contribution in [0, 0.1) is 5.92 Å². The number of rotatable bonds is 7. The molecule has 180 valence electrons. The van der Waals surface area contributed by atoms with Gasteiger partial charge in [-0.25, -0.2) is 9.59 Å². The molecule has 0 heterocycles. The van der Waals surface area contributed by atoms with E-state index in [1.54, 1.807) is 6.92 Å². The van der Waals surface area contributed by atoms with Crippen LogP contribution in [-0.2, 0) is 14.3 Å². The molecule has 2 aromatic rings. The van der Waals surface area contributed by atoms with E-state index in [2.05, 4.69) is 34.9 Å². The molecular weight excluding hydrogens is 432 g/mol. The second kappa shape index (κ2) is 10.7. The van der Waals surface area contributed by atoms with Crippen LogP contribution in [0.25, 0.3) is 11.1 Å². The summed E-state index contributed by atoms with van der Waals surface area (Å²) in [4.78, 5) is 37.0. The highest BCUT2D eigenvalue weighted by Crippen LogP contribution is 2.44. The summed E-state index contributed by atoms with van der Waals surface area (Å²) in [7, 11) is 0. The number of carboxylic acids is 1. The topological polar surface area (TPSA) is 105 Å². The van der Waals surface area contributed by atoms with Gasteiger partial charge in [0.15, 0.2) is 0 Å². The SMILES string of the molecule is CC[C@@H](NC(=O)[C@H]1CCCCC[C@H]1NC(=O)OCC1c2ccccc2-c2ccccc21)C(=O)O. The molecule has 0 unspecified atom stereocenters. The van der Waals surface area contributed by atoms with Gasteiger partial charge in [0.2, 0.25) is 5.91 Å². The molecule has 1 fully saturated rings. The van der Waals surface area contributed by atoms with Crippen molar-refractivity contribution < 1.29 is 24.2 Å². The Morgan fingerprint density at radius 2 is 1.59 bits per heavy atom. The van der Waals surface area contributed by atoms with Crippen molar-refractivity contribution in [3.05, 3.63) is 59.7 Å². The molecule has 0 radical (unpaired) electrons. The Hall–Kier alpha value is -3.35. The van der Waals surface area contributed by atoms with Gasteiger partial charge in [-0.2, -0.15) is 0 Å². The lowest BCUT2D eigenvalue weighted by Gasteiger charge is -2.26. The van der Waals surface area contributed by atoms with E-state index in [-0.39, 0.29) is 24.5 Å². The minimum Gasteiger partial charge on any atom is -0.480 e. The summed E-state index contributed by atoms with van der Waals surface area (Å²) < 4.78 is 5.68. The third-order valence-electron chi connectivity index (χ3n) is 7.02. The highest BCUT2D eigenvalue weighted by Gasteiger charge is 2.34. The van der Waals surface area contributed by atoms with E-state index >= 15 is 0 Å². The van der Waals surface area contributed by atoms with Crippen molar-refractivity contribution in [2.75, 3.05) is 6.61 Å². The van der Waals surface area contributed by atoms with Gasteiger partial charge in [-0.15, -0.1) is 0 Å². The van der Waals surface area contributed by atoms with Crippen LogP contribution in [0.1, 0.15) is 62.5 Å². The molecule has 1 saturated carbocycles. The summed E-state index contributed by atoms with van der Waals surface area (Å²) in [6.07, 6.45) is 3.76. The second-order valence-electron chi connectivity index (χ2n) is 9.13. The van der Waals surface area contributed by atoms with Crippen molar-refractivity contribution in [3.8, 4) is 11.1 Å². The van der Waals surface area contributed by atoms with E-state index in [4.69, 9.17) is 4.74 Å². The minimum absolute atomic E-state index is 0.0349. The third-order valence-corrected chi connectivity index (χ3v) is 7.02. The molecule has 2 aliphatic rings. The Labute approximate surface area is 199 Å². The monoisotopic (exact) mass is 464 g/mol. The third kappa shape index (κ3) is 5.08. The lowest BCUT2D eigenvalue weighted by atomic mass is 9.93. The van der Waals surface area contributed by atoms with Crippen LogP contribution in [0.2, 0.25) is 0 Å². The molecule has 2 aromatic carbocycles. The van der Waals surface area contributed by atoms with E-state index in [9.17, 15) is 19.5 Å². The molecule has 34 heavy (non-hydrogen) atoms. The number of benzene rings is 2. The Kier molecular flexibility index (Phi) is 7.50. The maximum atomic E-state index is 12.9. The molecule has 0 spiro atoms. The number of fused-ring (bicyclic) bond motifs is 3. The van der Waals surface area contributed by atoms with Crippen LogP contribution in [0.5, 0.6) is 0 Å². The van der Waals surface area contributed by atoms with Crippen molar-refractivity contribution in [3.63, 3.8) is 0 Å². The fourth-order valence-corrected chi connectivity index (χ4v) is 5.20. The smallest absolute Gasteiger partial charge is 0.407 e. The lowest BCUT2D eigenvalue weighted by molar-refractivity contribution is -0.142. The molecule has 0 saturated heterocycles. The highest BCUT2D eigenvalue weighted by molar-refractivity contribution is 5.86. The van der Waals surface area contributed by atoms with Crippen molar-refractivity contribution in [1.82, 2.24) is 10.6 Å². The van der Waals surface area contributed by atoms with Crippen LogP contribution >= 0.6 is 0 Å². The number of hydrogen-bond donors (Lipinski definition) is 3. The number of amides is 2. The summed E-state index contributed by atoms with van der Waals surface area (Å²) in [5.74, 6) is -1.88. The lowest BCUT2D eigenvalue weighted by Crippen LogP contribution is -2.50. The molecule has 0 aromatic heterocycles. The normalized spacial score (nSPS) is 20.4. The van der Waals surface area contributed by atoms with E-state index in [1.807, 2.05) is 24.3 Å². The summed E-state index contributed by atoms with van der Waals surface area (Å²) in [5, 5.41) is 14.8. The molecule has 3 N–H and O–H groups in total. The number of carbonyl (C=O) groups is 3. The zero-order valence-electron chi connectivity index (χ0n) is 19.5. The van der Waals surface area contributed by atoms with Crippen LogP contribution in [0.15, 0.2) is 48.5 Å². The van der Waals surface area contributed by atoms with E-state index in [1.165, 1.54) is 0 Å². The Bertz CT molecular complexity index is 1010. The second-order valence-corrected chi connectivity index (χ2v) is 9.13. The average Bonchev–Trinajstić information content (AvgIpc) is 2.97. The molecule has 3 atom stereocenters. The summed E-state index contributed by atoms with van der Waals surface area (Å²) in [6, 6.07) is 15.0. The average molecular weight is 465 g/mol. The zero-order chi connectivity index (χ0) is 24.1. The molecule has 2 aliphatic carbocycles. The Morgan fingerprint density at radius 1 is 0.971 bits per heavy atom. The number of nitrogens with one attached hydrogen (secondary N) is 2. The van der Waals surface area contributed by atoms with E-state index in [0.29, 0.717) is 19.3 Å². The number of aliphatic carboxylic acids is 1. The van der Waals surface area contributed by atoms with Gasteiger partial charge in [-0.05, 0) is 41.5 Å². The van der Waals surface area contributed by atoms with Crippen molar-refractivity contribution in [2.24, 2.45) is 5.92 Å². The van der Waals surface area contributed by atoms with Gasteiger partial charge in [0, 0.05) is 12.0 Å². The number of ether oxygens (including phenoxy) is 1. The summed E-state index contributed by atoms with van der Waals surface area (Å²) in [5.41, 5.74) is 4.61. The van der Waals surface area contributed by atoms with Crippen LogP contribution < -0.4 is 10.6 Å². The van der Waals surface area contributed by atoms with Crippen molar-refractivity contribution in [2.45, 2.75) is 63.5 Å². The quantitative estimate of drug-likeness (QED) is 0.525. The van der Waals surface area contributed by atoms with Crippen molar-refractivity contribution in [1.29, 1.82) is 0 Å². The Morgan fingerprint density at radius 3 is 2.21 bits per heavy atom. The Balaban J connectivity index is 1.41. The molecule has 7 heteroatoms.